The minimum absolute atomic E-state index is 0.0185. The topological polar surface area (TPSA) is 35.2 Å². The van der Waals surface area contributed by atoms with E-state index in [1.165, 1.54) is 12.1 Å². The molecule has 0 amide bonds. The molecule has 0 aliphatic carbocycles. The highest BCUT2D eigenvalue weighted by molar-refractivity contribution is 9.10. The molecule has 2 rings (SSSR count). The van der Waals surface area contributed by atoms with Gasteiger partial charge in [-0.2, -0.15) is 0 Å². The Morgan fingerprint density at radius 3 is 2.75 bits per heavy atom. The van der Waals surface area contributed by atoms with Gasteiger partial charge in [-0.05, 0) is 37.1 Å². The van der Waals surface area contributed by atoms with Crippen molar-refractivity contribution in [3.05, 3.63) is 57.3 Å². The minimum atomic E-state index is -0.379. The first-order chi connectivity index (χ1) is 9.45. The zero-order valence-electron chi connectivity index (χ0n) is 10.9. The second-order valence-corrected chi connectivity index (χ2v) is 5.94. The molecule has 0 radical (unpaired) electrons. The van der Waals surface area contributed by atoms with Gasteiger partial charge in [-0.15, -0.1) is 0 Å². The minimum Gasteiger partial charge on any atom is -0.455 e. The van der Waals surface area contributed by atoms with E-state index in [9.17, 15) is 4.39 Å². The molecule has 0 heterocycles. The number of para-hydroxylation sites is 1. The van der Waals surface area contributed by atoms with Crippen molar-refractivity contribution in [3.8, 4) is 11.5 Å². The molecule has 2 nitrogen and oxygen atoms in total. The van der Waals surface area contributed by atoms with Crippen LogP contribution in [0.2, 0.25) is 5.02 Å². The van der Waals surface area contributed by atoms with Gasteiger partial charge in [0, 0.05) is 16.6 Å². The van der Waals surface area contributed by atoms with Crippen molar-refractivity contribution in [1.29, 1.82) is 0 Å². The summed E-state index contributed by atoms with van der Waals surface area (Å²) in [4.78, 5) is 0. The van der Waals surface area contributed by atoms with Crippen LogP contribution in [0, 0.1) is 5.82 Å². The van der Waals surface area contributed by atoms with Crippen LogP contribution in [-0.4, -0.2) is 6.04 Å². The summed E-state index contributed by atoms with van der Waals surface area (Å²) in [6, 6.07) is 9.81. The van der Waals surface area contributed by atoms with Crippen LogP contribution in [0.15, 0.2) is 40.9 Å². The van der Waals surface area contributed by atoms with Crippen molar-refractivity contribution >= 4 is 27.5 Å². The van der Waals surface area contributed by atoms with Crippen LogP contribution in [0.5, 0.6) is 11.5 Å². The molecule has 0 fully saturated rings. The van der Waals surface area contributed by atoms with Crippen molar-refractivity contribution in [3.63, 3.8) is 0 Å². The molecule has 0 saturated carbocycles. The fourth-order valence-electron chi connectivity index (χ4n) is 1.88. The first-order valence-electron chi connectivity index (χ1n) is 6.12. The first-order valence-corrected chi connectivity index (χ1v) is 7.29. The molecule has 1 unspecified atom stereocenters. The largest absolute Gasteiger partial charge is 0.455 e. The van der Waals surface area contributed by atoms with Gasteiger partial charge in [0.05, 0.1) is 5.02 Å². The molecule has 1 atom stereocenters. The van der Waals surface area contributed by atoms with Crippen LogP contribution in [0.4, 0.5) is 4.39 Å². The van der Waals surface area contributed by atoms with Crippen LogP contribution < -0.4 is 10.5 Å². The Morgan fingerprint density at radius 2 is 2.10 bits per heavy atom. The smallest absolute Gasteiger partial charge is 0.149 e. The van der Waals surface area contributed by atoms with Gasteiger partial charge >= 0.3 is 0 Å². The van der Waals surface area contributed by atoms with E-state index >= 15 is 0 Å². The fraction of sp³-hybridized carbons (Fsp3) is 0.200. The van der Waals surface area contributed by atoms with Crippen molar-refractivity contribution in [2.75, 3.05) is 0 Å². The molecule has 0 aromatic heterocycles. The second kappa shape index (κ2) is 6.57. The van der Waals surface area contributed by atoms with Crippen LogP contribution in [0.1, 0.15) is 12.5 Å². The molecule has 2 aromatic carbocycles. The summed E-state index contributed by atoms with van der Waals surface area (Å²) in [5, 5.41) is 0.475. The third-order valence-corrected chi connectivity index (χ3v) is 3.40. The van der Waals surface area contributed by atoms with E-state index in [0.717, 1.165) is 5.56 Å². The van der Waals surface area contributed by atoms with Crippen LogP contribution in [-0.2, 0) is 6.42 Å². The van der Waals surface area contributed by atoms with Gasteiger partial charge in [-0.1, -0.05) is 39.7 Å². The predicted octanol–water partition coefficient (Wildman–Crippen LogP) is 4.92. The van der Waals surface area contributed by atoms with E-state index in [0.29, 0.717) is 27.4 Å². The maximum atomic E-state index is 13.4. The van der Waals surface area contributed by atoms with Gasteiger partial charge < -0.3 is 10.5 Å². The van der Waals surface area contributed by atoms with E-state index in [4.69, 9.17) is 22.1 Å². The highest BCUT2D eigenvalue weighted by atomic mass is 79.9. The Balaban J connectivity index is 2.36. The Labute approximate surface area is 130 Å². The van der Waals surface area contributed by atoms with Crippen LogP contribution >= 0.6 is 27.5 Å². The zero-order valence-corrected chi connectivity index (χ0v) is 13.2. The summed E-state index contributed by atoms with van der Waals surface area (Å²) in [5.74, 6) is 0.523. The maximum Gasteiger partial charge on any atom is 0.149 e. The Kier molecular flexibility index (Phi) is 5.02. The number of halogens is 3. The number of hydrogen-bond donors (Lipinski definition) is 1. The average Bonchev–Trinajstić information content (AvgIpc) is 2.31. The van der Waals surface area contributed by atoms with Crippen molar-refractivity contribution < 1.29 is 9.13 Å². The Bertz CT molecular complexity index is 599. The molecule has 5 heteroatoms. The average molecular weight is 359 g/mol. The quantitative estimate of drug-likeness (QED) is 0.841. The lowest BCUT2D eigenvalue weighted by Gasteiger charge is -2.14. The van der Waals surface area contributed by atoms with Gasteiger partial charge in [0.25, 0.3) is 0 Å². The molecular formula is C15H14BrClFNO. The summed E-state index contributed by atoms with van der Waals surface area (Å²) in [6.07, 6.45) is 0.631. The van der Waals surface area contributed by atoms with Crippen LogP contribution in [0.3, 0.4) is 0 Å². The third kappa shape index (κ3) is 3.95. The monoisotopic (exact) mass is 357 g/mol. The summed E-state index contributed by atoms with van der Waals surface area (Å²) in [7, 11) is 0. The fourth-order valence-corrected chi connectivity index (χ4v) is 2.56. The zero-order chi connectivity index (χ0) is 14.7. The summed E-state index contributed by atoms with van der Waals surface area (Å²) >= 11 is 9.40. The van der Waals surface area contributed by atoms with Gasteiger partial charge in [0.15, 0.2) is 0 Å². The van der Waals surface area contributed by atoms with Gasteiger partial charge in [-0.25, -0.2) is 4.39 Å². The molecular weight excluding hydrogens is 345 g/mol. The molecule has 106 valence electrons. The number of rotatable bonds is 4. The highest BCUT2D eigenvalue weighted by Crippen LogP contribution is 2.34. The van der Waals surface area contributed by atoms with E-state index in [2.05, 4.69) is 15.9 Å². The second-order valence-electron chi connectivity index (χ2n) is 4.62. The molecule has 0 spiro atoms. The van der Waals surface area contributed by atoms with E-state index in [1.54, 1.807) is 12.1 Å². The molecule has 2 aromatic rings. The number of ether oxygens (including phenoxy) is 1. The Morgan fingerprint density at radius 1 is 1.35 bits per heavy atom. The molecule has 2 N–H and O–H groups in total. The predicted molar refractivity (Wildman–Crippen MR) is 83.0 cm³/mol. The Hall–Kier alpha value is -1.10. The number of hydrogen-bond acceptors (Lipinski definition) is 2. The van der Waals surface area contributed by atoms with Gasteiger partial charge in [0.2, 0.25) is 0 Å². The SMILES string of the molecule is CC(N)Cc1cccc(Cl)c1Oc1cc(F)cc(Br)c1. The van der Waals surface area contributed by atoms with Crippen LogP contribution in [0.25, 0.3) is 0 Å². The highest BCUT2D eigenvalue weighted by Gasteiger charge is 2.12. The lowest BCUT2D eigenvalue weighted by molar-refractivity contribution is 0.468. The van der Waals surface area contributed by atoms with Crippen molar-refractivity contribution in [2.24, 2.45) is 5.73 Å². The summed E-state index contributed by atoms with van der Waals surface area (Å²) < 4.78 is 19.7. The lowest BCUT2D eigenvalue weighted by Crippen LogP contribution is -2.18. The first kappa shape index (κ1) is 15.3. The number of nitrogens with two attached hydrogens (primary N) is 1. The number of benzene rings is 2. The standard InChI is InChI=1S/C15H14BrClFNO/c1-9(19)5-10-3-2-4-14(17)15(10)20-13-7-11(16)6-12(18)8-13/h2-4,6-9H,5,19H2,1H3. The van der Waals surface area contributed by atoms with E-state index in [-0.39, 0.29) is 11.9 Å². The third-order valence-electron chi connectivity index (χ3n) is 2.65. The summed E-state index contributed by atoms with van der Waals surface area (Å²) in [5.41, 5.74) is 6.72. The lowest BCUT2D eigenvalue weighted by atomic mass is 10.1. The van der Waals surface area contributed by atoms with Crippen molar-refractivity contribution in [1.82, 2.24) is 0 Å². The van der Waals surface area contributed by atoms with E-state index < -0.39 is 0 Å². The van der Waals surface area contributed by atoms with Crippen molar-refractivity contribution in [2.45, 2.75) is 19.4 Å². The maximum absolute atomic E-state index is 13.4. The molecule has 0 bridgehead atoms. The molecule has 0 saturated heterocycles. The normalized spacial score (nSPS) is 12.2. The molecule has 20 heavy (non-hydrogen) atoms. The van der Waals surface area contributed by atoms with Gasteiger partial charge in [0.1, 0.15) is 17.3 Å². The molecule has 0 aliphatic heterocycles. The van der Waals surface area contributed by atoms with E-state index in [1.807, 2.05) is 19.1 Å². The summed E-state index contributed by atoms with van der Waals surface area (Å²) in [6.45, 7) is 1.91. The molecule has 0 aliphatic rings. The van der Waals surface area contributed by atoms with Gasteiger partial charge in [-0.3, -0.25) is 0 Å².